The van der Waals surface area contributed by atoms with Gasteiger partial charge in [-0.25, -0.2) is 0 Å². The largest absolute Gasteiger partial charge is 0.342 e. The lowest BCUT2D eigenvalue weighted by atomic mass is 9.97. The molecule has 0 atom stereocenters. The Morgan fingerprint density at radius 3 is 2.74 bits per heavy atom. The van der Waals surface area contributed by atoms with Crippen LogP contribution in [0, 0.1) is 12.8 Å². The van der Waals surface area contributed by atoms with E-state index in [4.69, 9.17) is 0 Å². The number of aryl methyl sites for hydroxylation is 1. The summed E-state index contributed by atoms with van der Waals surface area (Å²) < 4.78 is 0. The summed E-state index contributed by atoms with van der Waals surface area (Å²) in [5, 5.41) is 3.41. The molecule has 2 rings (SSSR count). The minimum absolute atomic E-state index is 0. The van der Waals surface area contributed by atoms with Crippen LogP contribution in [0.4, 0.5) is 0 Å². The Morgan fingerprint density at radius 1 is 1.35 bits per heavy atom. The smallest absolute Gasteiger partial charge is 0.232 e. The maximum Gasteiger partial charge on any atom is 0.232 e. The molecule has 1 aromatic rings. The number of nitrogens with one attached hydrogen (secondary N) is 1. The molecule has 0 unspecified atom stereocenters. The van der Waals surface area contributed by atoms with Crippen LogP contribution in [0.15, 0.2) is 24.3 Å². The van der Waals surface area contributed by atoms with Crippen LogP contribution in [0.3, 0.4) is 0 Å². The Hall–Kier alpha value is -0.710. The summed E-state index contributed by atoms with van der Waals surface area (Å²) in [7, 11) is 0. The third-order valence-corrected chi connectivity index (χ3v) is 5.22. The number of halogens is 1. The fourth-order valence-electron chi connectivity index (χ4n) is 2.88. The number of carbonyl (C=O) groups excluding carboxylic acids is 1. The number of amides is 1. The SMILES string of the molecule is CCNCC1CCN(C(=O)CSCc2cccc(C)c2)CC1.Cl. The van der Waals surface area contributed by atoms with Crippen LogP contribution < -0.4 is 5.32 Å². The van der Waals surface area contributed by atoms with E-state index in [1.807, 2.05) is 4.90 Å². The number of nitrogens with zero attached hydrogens (tertiary/aromatic N) is 1. The Balaban J connectivity index is 0.00000264. The average molecular weight is 357 g/mol. The van der Waals surface area contributed by atoms with Crippen molar-refractivity contribution in [2.24, 2.45) is 5.92 Å². The first-order valence-electron chi connectivity index (χ1n) is 8.30. The predicted octanol–water partition coefficient (Wildman–Crippen LogP) is 3.50. The summed E-state index contributed by atoms with van der Waals surface area (Å²) in [5.74, 6) is 2.57. The minimum atomic E-state index is 0. The van der Waals surface area contributed by atoms with Crippen molar-refractivity contribution in [3.05, 3.63) is 35.4 Å². The van der Waals surface area contributed by atoms with Crippen molar-refractivity contribution in [3.63, 3.8) is 0 Å². The highest BCUT2D eigenvalue weighted by atomic mass is 35.5. The quantitative estimate of drug-likeness (QED) is 0.811. The molecule has 23 heavy (non-hydrogen) atoms. The van der Waals surface area contributed by atoms with Crippen molar-refractivity contribution in [1.82, 2.24) is 10.2 Å². The zero-order chi connectivity index (χ0) is 15.8. The standard InChI is InChI=1S/C18H28N2OS.ClH/c1-3-19-12-16-7-9-20(10-8-16)18(21)14-22-13-17-6-4-5-15(2)11-17;/h4-6,11,16,19H,3,7-10,12-14H2,1-2H3;1H. The lowest BCUT2D eigenvalue weighted by Gasteiger charge is -2.32. The van der Waals surface area contributed by atoms with Crippen LogP contribution in [0.1, 0.15) is 30.9 Å². The van der Waals surface area contributed by atoms with Gasteiger partial charge in [0, 0.05) is 18.8 Å². The van der Waals surface area contributed by atoms with Gasteiger partial charge in [0.05, 0.1) is 5.75 Å². The van der Waals surface area contributed by atoms with Crippen LogP contribution in [0.2, 0.25) is 0 Å². The Labute approximate surface area is 151 Å². The van der Waals surface area contributed by atoms with Gasteiger partial charge in [-0.3, -0.25) is 4.79 Å². The van der Waals surface area contributed by atoms with Crippen LogP contribution in [0.5, 0.6) is 0 Å². The first-order valence-corrected chi connectivity index (χ1v) is 9.46. The second-order valence-corrected chi connectivity index (χ2v) is 7.10. The number of thioether (sulfide) groups is 1. The highest BCUT2D eigenvalue weighted by Crippen LogP contribution is 2.19. The van der Waals surface area contributed by atoms with E-state index in [2.05, 4.69) is 43.4 Å². The monoisotopic (exact) mass is 356 g/mol. The molecule has 0 saturated carbocycles. The summed E-state index contributed by atoms with van der Waals surface area (Å²) in [6.45, 7) is 8.25. The van der Waals surface area contributed by atoms with Gasteiger partial charge < -0.3 is 10.2 Å². The fourth-order valence-corrected chi connectivity index (χ4v) is 3.76. The number of hydrogen-bond acceptors (Lipinski definition) is 3. The molecule has 130 valence electrons. The van der Waals surface area contributed by atoms with Crippen LogP contribution >= 0.6 is 24.2 Å². The molecule has 1 amide bonds. The van der Waals surface area contributed by atoms with Crippen molar-refractivity contribution in [2.45, 2.75) is 32.4 Å². The van der Waals surface area contributed by atoms with E-state index in [1.54, 1.807) is 11.8 Å². The number of benzene rings is 1. The molecule has 0 bridgehead atoms. The number of carbonyl (C=O) groups is 1. The molecule has 0 aromatic heterocycles. The highest BCUT2D eigenvalue weighted by Gasteiger charge is 2.22. The van der Waals surface area contributed by atoms with Crippen LogP contribution in [-0.2, 0) is 10.5 Å². The van der Waals surface area contributed by atoms with Crippen LogP contribution in [0.25, 0.3) is 0 Å². The van der Waals surface area contributed by atoms with E-state index < -0.39 is 0 Å². The summed E-state index contributed by atoms with van der Waals surface area (Å²) >= 11 is 1.73. The summed E-state index contributed by atoms with van der Waals surface area (Å²) in [5.41, 5.74) is 2.59. The molecule has 3 nitrogen and oxygen atoms in total. The zero-order valence-corrected chi connectivity index (χ0v) is 15.8. The lowest BCUT2D eigenvalue weighted by molar-refractivity contribution is -0.129. The number of hydrogen-bond donors (Lipinski definition) is 1. The Morgan fingerprint density at radius 2 is 2.09 bits per heavy atom. The van der Waals surface area contributed by atoms with Crippen molar-refractivity contribution in [2.75, 3.05) is 31.9 Å². The Kier molecular flexibility index (Phi) is 9.68. The number of rotatable bonds is 7. The van der Waals surface area contributed by atoms with E-state index in [-0.39, 0.29) is 12.4 Å². The first kappa shape index (κ1) is 20.3. The lowest BCUT2D eigenvalue weighted by Crippen LogP contribution is -2.41. The maximum atomic E-state index is 12.3. The fraction of sp³-hybridized carbons (Fsp3) is 0.611. The van der Waals surface area contributed by atoms with E-state index in [0.29, 0.717) is 11.7 Å². The normalized spacial score (nSPS) is 15.3. The summed E-state index contributed by atoms with van der Waals surface area (Å²) in [6.07, 6.45) is 2.28. The van der Waals surface area contributed by atoms with Gasteiger partial charge in [0.1, 0.15) is 0 Å². The van der Waals surface area contributed by atoms with Gasteiger partial charge in [0.15, 0.2) is 0 Å². The predicted molar refractivity (Wildman–Crippen MR) is 102 cm³/mol. The molecule has 0 radical (unpaired) electrons. The van der Waals surface area contributed by atoms with Gasteiger partial charge in [-0.05, 0) is 44.3 Å². The second-order valence-electron chi connectivity index (χ2n) is 6.11. The molecule has 0 aliphatic carbocycles. The van der Waals surface area contributed by atoms with Crippen molar-refractivity contribution >= 4 is 30.1 Å². The number of piperidine rings is 1. The van der Waals surface area contributed by atoms with Gasteiger partial charge >= 0.3 is 0 Å². The molecule has 1 aliphatic rings. The number of likely N-dealkylation sites (tertiary alicyclic amines) is 1. The third-order valence-electron chi connectivity index (χ3n) is 4.23. The van der Waals surface area contributed by atoms with Gasteiger partial charge in [0.2, 0.25) is 5.91 Å². The van der Waals surface area contributed by atoms with Gasteiger partial charge in [-0.1, -0.05) is 36.8 Å². The molecule has 1 aliphatic heterocycles. The van der Waals surface area contributed by atoms with Crippen molar-refractivity contribution < 1.29 is 4.79 Å². The van der Waals surface area contributed by atoms with E-state index in [1.165, 1.54) is 11.1 Å². The summed E-state index contributed by atoms with van der Waals surface area (Å²) in [4.78, 5) is 14.3. The minimum Gasteiger partial charge on any atom is -0.342 e. The third kappa shape index (κ3) is 7.15. The molecule has 1 aromatic carbocycles. The van der Waals surface area contributed by atoms with Gasteiger partial charge in [-0.2, -0.15) is 0 Å². The zero-order valence-electron chi connectivity index (χ0n) is 14.2. The average Bonchev–Trinajstić information content (AvgIpc) is 2.53. The summed E-state index contributed by atoms with van der Waals surface area (Å²) in [6, 6.07) is 8.53. The first-order chi connectivity index (χ1) is 10.7. The molecule has 5 heteroatoms. The molecular formula is C18H29ClN2OS. The highest BCUT2D eigenvalue weighted by molar-refractivity contribution is 7.99. The van der Waals surface area contributed by atoms with E-state index >= 15 is 0 Å². The molecular weight excluding hydrogens is 328 g/mol. The molecule has 1 heterocycles. The Bertz CT molecular complexity index is 476. The van der Waals surface area contributed by atoms with Gasteiger partial charge in [0.25, 0.3) is 0 Å². The second kappa shape index (κ2) is 11.0. The molecule has 1 fully saturated rings. The molecule has 0 spiro atoms. The molecule has 1 N–H and O–H groups in total. The maximum absolute atomic E-state index is 12.3. The van der Waals surface area contributed by atoms with Gasteiger partial charge in [-0.15, -0.1) is 24.2 Å². The van der Waals surface area contributed by atoms with E-state index in [9.17, 15) is 4.79 Å². The van der Waals surface area contributed by atoms with Crippen LogP contribution in [-0.4, -0.2) is 42.7 Å². The van der Waals surface area contributed by atoms with Crippen molar-refractivity contribution in [1.29, 1.82) is 0 Å². The topological polar surface area (TPSA) is 32.3 Å². The molecule has 1 saturated heterocycles. The van der Waals surface area contributed by atoms with Crippen molar-refractivity contribution in [3.8, 4) is 0 Å². The van der Waals surface area contributed by atoms with E-state index in [0.717, 1.165) is 50.7 Å².